The normalized spacial score (nSPS) is 19.3. The maximum atomic E-state index is 11.9. The van der Waals surface area contributed by atoms with Crippen LogP contribution < -0.4 is 0 Å². The number of cyclic esters (lactones) is 1. The minimum Gasteiger partial charge on any atom is -0.446 e. The molecule has 1 heterocycles. The molecule has 1 saturated heterocycles. The number of nitrogens with zero attached hydrogens (tertiary/aromatic N) is 1. The molecule has 2 amide bonds. The lowest BCUT2D eigenvalue weighted by Gasteiger charge is -2.18. The lowest BCUT2D eigenvalue weighted by molar-refractivity contribution is -0.124. The maximum Gasteiger partial charge on any atom is 0.417 e. The number of hydrogen-bond acceptors (Lipinski definition) is 3. The van der Waals surface area contributed by atoms with Crippen molar-refractivity contribution in [2.24, 2.45) is 0 Å². The second-order valence-corrected chi connectivity index (χ2v) is 4.02. The maximum absolute atomic E-state index is 11.9. The molecule has 0 N–H and O–H groups in total. The van der Waals surface area contributed by atoms with Crippen LogP contribution in [-0.2, 0) is 9.53 Å². The quantitative estimate of drug-likeness (QED) is 0.769. The van der Waals surface area contributed by atoms with Crippen LogP contribution in [0.4, 0.5) is 4.79 Å². The van der Waals surface area contributed by atoms with Crippen molar-refractivity contribution in [2.45, 2.75) is 19.4 Å². The van der Waals surface area contributed by atoms with Gasteiger partial charge in [0.25, 0.3) is 5.91 Å². The molecule has 94 valence electrons. The smallest absolute Gasteiger partial charge is 0.417 e. The molecule has 1 aliphatic heterocycles. The van der Waals surface area contributed by atoms with Gasteiger partial charge in [-0.05, 0) is 18.1 Å². The van der Waals surface area contributed by atoms with E-state index in [1.807, 2.05) is 37.3 Å². The Morgan fingerprint density at radius 3 is 2.83 bits per heavy atom. The van der Waals surface area contributed by atoms with E-state index >= 15 is 0 Å². The Hall–Kier alpha value is -2.10. The summed E-state index contributed by atoms with van der Waals surface area (Å²) in [6, 6.07) is 9.09. The molecule has 0 radical (unpaired) electrons. The second kappa shape index (κ2) is 5.49. The van der Waals surface area contributed by atoms with E-state index in [2.05, 4.69) is 0 Å². The molecule has 1 aliphatic rings. The molecular weight excluding hydrogens is 230 g/mol. The average Bonchev–Trinajstić information content (AvgIpc) is 2.79. The van der Waals surface area contributed by atoms with Crippen LogP contribution in [0.15, 0.2) is 42.5 Å². The zero-order valence-corrected chi connectivity index (χ0v) is 10.2. The van der Waals surface area contributed by atoms with Crippen LogP contribution in [0.3, 0.4) is 0 Å². The molecule has 1 unspecified atom stereocenters. The van der Waals surface area contributed by atoms with Gasteiger partial charge in [0.05, 0.1) is 0 Å². The first-order valence-corrected chi connectivity index (χ1v) is 5.95. The zero-order valence-electron chi connectivity index (χ0n) is 10.2. The van der Waals surface area contributed by atoms with E-state index in [-0.39, 0.29) is 18.6 Å². The Bertz CT molecular complexity index is 467. The molecule has 2 rings (SSSR count). The summed E-state index contributed by atoms with van der Waals surface area (Å²) < 4.78 is 4.97. The predicted octanol–water partition coefficient (Wildman–Crippen LogP) is 2.67. The van der Waals surface area contributed by atoms with Gasteiger partial charge in [0.15, 0.2) is 0 Å². The Morgan fingerprint density at radius 2 is 2.17 bits per heavy atom. The molecule has 0 aromatic heterocycles. The van der Waals surface area contributed by atoms with Gasteiger partial charge in [-0.3, -0.25) is 4.79 Å². The first kappa shape index (κ1) is 12.4. The zero-order chi connectivity index (χ0) is 13.0. The summed E-state index contributed by atoms with van der Waals surface area (Å²) in [6.07, 6.45) is 3.33. The molecular formula is C14H15NO3. The Kier molecular flexibility index (Phi) is 3.77. The van der Waals surface area contributed by atoms with Crippen LogP contribution in [0.1, 0.15) is 24.9 Å². The van der Waals surface area contributed by atoms with Crippen LogP contribution in [0, 0.1) is 0 Å². The van der Waals surface area contributed by atoms with Crippen molar-refractivity contribution in [2.75, 3.05) is 6.61 Å². The van der Waals surface area contributed by atoms with Crippen molar-refractivity contribution in [3.8, 4) is 0 Å². The number of carbonyl (C=O) groups excluding carboxylic acids is 2. The standard InChI is InChI=1S/C14H15NO3/c1-2-3-9-13(16)15-12(10-18-14(15)17)11-7-5-4-6-8-11/h3-9,12H,2,10H2,1H3. The summed E-state index contributed by atoms with van der Waals surface area (Å²) in [7, 11) is 0. The molecule has 18 heavy (non-hydrogen) atoms. The minimum absolute atomic E-state index is 0.217. The van der Waals surface area contributed by atoms with Crippen molar-refractivity contribution < 1.29 is 14.3 Å². The van der Waals surface area contributed by atoms with Gasteiger partial charge in [0.1, 0.15) is 12.6 Å². The van der Waals surface area contributed by atoms with Gasteiger partial charge < -0.3 is 4.74 Å². The van der Waals surface area contributed by atoms with E-state index in [1.54, 1.807) is 6.08 Å². The molecule has 0 bridgehead atoms. The second-order valence-electron chi connectivity index (χ2n) is 4.02. The van der Waals surface area contributed by atoms with Crippen LogP contribution in [0.5, 0.6) is 0 Å². The van der Waals surface area contributed by atoms with E-state index in [1.165, 1.54) is 11.0 Å². The summed E-state index contributed by atoms with van der Waals surface area (Å²) >= 11 is 0. The van der Waals surface area contributed by atoms with Crippen LogP contribution in [0.2, 0.25) is 0 Å². The fourth-order valence-electron chi connectivity index (χ4n) is 1.88. The number of amides is 2. The van der Waals surface area contributed by atoms with E-state index in [9.17, 15) is 9.59 Å². The van der Waals surface area contributed by atoms with Gasteiger partial charge in [-0.2, -0.15) is 0 Å². The summed E-state index contributed by atoms with van der Waals surface area (Å²) in [4.78, 5) is 24.7. The van der Waals surface area contributed by atoms with E-state index in [0.717, 1.165) is 12.0 Å². The highest BCUT2D eigenvalue weighted by atomic mass is 16.6. The fraction of sp³-hybridized carbons (Fsp3) is 0.286. The number of imide groups is 1. The summed E-state index contributed by atoms with van der Waals surface area (Å²) in [5, 5.41) is 0. The number of hydrogen-bond donors (Lipinski definition) is 0. The average molecular weight is 245 g/mol. The van der Waals surface area contributed by atoms with E-state index in [0.29, 0.717) is 0 Å². The summed E-state index contributed by atoms with van der Waals surface area (Å²) in [5.74, 6) is -0.326. The third-order valence-electron chi connectivity index (χ3n) is 2.79. The van der Waals surface area contributed by atoms with E-state index < -0.39 is 6.09 Å². The number of carbonyl (C=O) groups is 2. The van der Waals surface area contributed by atoms with Gasteiger partial charge in [-0.25, -0.2) is 9.69 Å². The molecule has 4 heteroatoms. The van der Waals surface area contributed by atoms with Crippen LogP contribution >= 0.6 is 0 Å². The lowest BCUT2D eigenvalue weighted by atomic mass is 10.1. The number of allylic oxidation sites excluding steroid dienone is 1. The third-order valence-corrected chi connectivity index (χ3v) is 2.79. The van der Waals surface area contributed by atoms with Crippen molar-refractivity contribution in [1.82, 2.24) is 4.90 Å². The van der Waals surface area contributed by atoms with Crippen molar-refractivity contribution in [1.29, 1.82) is 0 Å². The Balaban J connectivity index is 2.23. The molecule has 4 nitrogen and oxygen atoms in total. The summed E-state index contributed by atoms with van der Waals surface area (Å²) in [5.41, 5.74) is 0.904. The molecule has 0 spiro atoms. The number of benzene rings is 1. The highest BCUT2D eigenvalue weighted by Gasteiger charge is 2.37. The van der Waals surface area contributed by atoms with Gasteiger partial charge in [0, 0.05) is 0 Å². The van der Waals surface area contributed by atoms with Gasteiger partial charge >= 0.3 is 6.09 Å². The minimum atomic E-state index is -0.574. The highest BCUT2D eigenvalue weighted by molar-refractivity contribution is 5.99. The SMILES string of the molecule is CCC=CC(=O)N1C(=O)OCC1c1ccccc1. The number of rotatable bonds is 3. The molecule has 1 fully saturated rings. The van der Waals surface area contributed by atoms with Crippen molar-refractivity contribution >= 4 is 12.0 Å². The van der Waals surface area contributed by atoms with Gasteiger partial charge in [0.2, 0.25) is 0 Å². The van der Waals surface area contributed by atoms with Crippen molar-refractivity contribution in [3.63, 3.8) is 0 Å². The molecule has 1 atom stereocenters. The van der Waals surface area contributed by atoms with Crippen LogP contribution in [0.25, 0.3) is 0 Å². The number of ether oxygens (including phenoxy) is 1. The molecule has 1 aromatic rings. The predicted molar refractivity (Wildman–Crippen MR) is 66.8 cm³/mol. The van der Waals surface area contributed by atoms with Gasteiger partial charge in [-0.1, -0.05) is 43.3 Å². The molecule has 0 aliphatic carbocycles. The first-order chi connectivity index (χ1) is 8.74. The lowest BCUT2D eigenvalue weighted by Crippen LogP contribution is -2.32. The molecule has 0 saturated carbocycles. The van der Waals surface area contributed by atoms with E-state index in [4.69, 9.17) is 4.74 Å². The monoisotopic (exact) mass is 245 g/mol. The first-order valence-electron chi connectivity index (χ1n) is 5.95. The topological polar surface area (TPSA) is 46.6 Å². The Labute approximate surface area is 106 Å². The van der Waals surface area contributed by atoms with Crippen molar-refractivity contribution in [3.05, 3.63) is 48.0 Å². The largest absolute Gasteiger partial charge is 0.446 e. The van der Waals surface area contributed by atoms with Gasteiger partial charge in [-0.15, -0.1) is 0 Å². The van der Waals surface area contributed by atoms with Crippen LogP contribution in [-0.4, -0.2) is 23.5 Å². The molecule has 1 aromatic carbocycles. The highest BCUT2D eigenvalue weighted by Crippen LogP contribution is 2.27. The Morgan fingerprint density at radius 1 is 1.44 bits per heavy atom. The fourth-order valence-corrected chi connectivity index (χ4v) is 1.88. The third kappa shape index (κ3) is 2.42. The summed E-state index contributed by atoms with van der Waals surface area (Å²) in [6.45, 7) is 2.15.